The van der Waals surface area contributed by atoms with Gasteiger partial charge in [-0.15, -0.1) is 0 Å². The van der Waals surface area contributed by atoms with E-state index in [1.165, 1.54) is 5.56 Å². The van der Waals surface area contributed by atoms with Gasteiger partial charge in [-0.1, -0.05) is 24.6 Å². The molecule has 1 rings (SSSR count). The predicted octanol–water partition coefficient (Wildman–Crippen LogP) is 2.50. The van der Waals surface area contributed by atoms with Crippen LogP contribution in [-0.4, -0.2) is 11.5 Å². The van der Waals surface area contributed by atoms with Crippen molar-refractivity contribution in [2.75, 3.05) is 6.54 Å². The van der Waals surface area contributed by atoms with E-state index in [0.29, 0.717) is 17.6 Å². The van der Waals surface area contributed by atoms with Crippen molar-refractivity contribution in [3.05, 3.63) is 28.5 Å². The van der Waals surface area contributed by atoms with Crippen molar-refractivity contribution in [2.45, 2.75) is 26.2 Å². The van der Waals surface area contributed by atoms with Crippen molar-refractivity contribution in [1.82, 2.24) is 4.98 Å². The van der Waals surface area contributed by atoms with Crippen molar-refractivity contribution in [3.63, 3.8) is 0 Å². The summed E-state index contributed by atoms with van der Waals surface area (Å²) in [5.74, 6) is 0.466. The van der Waals surface area contributed by atoms with E-state index in [1.54, 1.807) is 0 Å². The molecule has 0 radical (unpaired) electrons. The summed E-state index contributed by atoms with van der Waals surface area (Å²) in [6.45, 7) is 4.83. The van der Waals surface area contributed by atoms with Crippen LogP contribution in [0.4, 0.5) is 0 Å². The Kier molecular flexibility index (Phi) is 3.70. The summed E-state index contributed by atoms with van der Waals surface area (Å²) in [7, 11) is 0. The first-order chi connectivity index (χ1) is 6.15. The Labute approximate surface area is 84.1 Å². The third kappa shape index (κ3) is 2.68. The second-order valence-corrected chi connectivity index (χ2v) is 3.71. The van der Waals surface area contributed by atoms with Crippen LogP contribution in [0.2, 0.25) is 5.15 Å². The summed E-state index contributed by atoms with van der Waals surface area (Å²) < 4.78 is 0. The second kappa shape index (κ2) is 4.58. The number of pyridine rings is 1. The average molecular weight is 199 g/mol. The third-order valence-corrected chi connectivity index (χ3v) is 2.60. The minimum atomic E-state index is 0.466. The highest BCUT2D eigenvalue weighted by molar-refractivity contribution is 6.30. The minimum Gasteiger partial charge on any atom is -0.330 e. The van der Waals surface area contributed by atoms with Crippen molar-refractivity contribution < 1.29 is 0 Å². The number of nitrogens with zero attached hydrogens (tertiary/aromatic N) is 1. The lowest BCUT2D eigenvalue weighted by Crippen LogP contribution is -2.05. The zero-order valence-electron chi connectivity index (χ0n) is 8.05. The lowest BCUT2D eigenvalue weighted by atomic mass is 9.99. The number of rotatable bonds is 3. The molecule has 0 aromatic carbocycles. The van der Waals surface area contributed by atoms with Gasteiger partial charge in [-0.25, -0.2) is 4.98 Å². The molecule has 0 aliphatic heterocycles. The zero-order valence-corrected chi connectivity index (χ0v) is 8.80. The van der Waals surface area contributed by atoms with Crippen molar-refractivity contribution >= 4 is 11.6 Å². The van der Waals surface area contributed by atoms with E-state index in [4.69, 9.17) is 17.3 Å². The maximum absolute atomic E-state index is 5.83. The van der Waals surface area contributed by atoms with Crippen LogP contribution in [0.1, 0.15) is 30.4 Å². The van der Waals surface area contributed by atoms with Gasteiger partial charge in [-0.05, 0) is 36.9 Å². The molecule has 0 saturated carbocycles. The van der Waals surface area contributed by atoms with Gasteiger partial charge >= 0.3 is 0 Å². The maximum Gasteiger partial charge on any atom is 0.131 e. The Hall–Kier alpha value is -0.600. The molecular formula is C10H15ClN2. The first-order valence-electron chi connectivity index (χ1n) is 4.47. The van der Waals surface area contributed by atoms with Crippen LogP contribution >= 0.6 is 11.6 Å². The fourth-order valence-electron chi connectivity index (χ4n) is 1.27. The average Bonchev–Trinajstić information content (AvgIpc) is 2.10. The lowest BCUT2D eigenvalue weighted by molar-refractivity contribution is 0.686. The number of halogens is 1. The van der Waals surface area contributed by atoms with Crippen LogP contribution in [0.25, 0.3) is 0 Å². The van der Waals surface area contributed by atoms with E-state index >= 15 is 0 Å². The SMILES string of the molecule is Cc1cc(C(C)CCN)cnc1Cl. The zero-order chi connectivity index (χ0) is 9.84. The fourth-order valence-corrected chi connectivity index (χ4v) is 1.37. The quantitative estimate of drug-likeness (QED) is 0.758. The molecule has 1 heterocycles. The molecule has 0 aliphatic rings. The predicted molar refractivity (Wildman–Crippen MR) is 56.1 cm³/mol. The first kappa shape index (κ1) is 10.5. The van der Waals surface area contributed by atoms with Gasteiger partial charge in [-0.2, -0.15) is 0 Å². The Morgan fingerprint density at radius 3 is 2.85 bits per heavy atom. The highest BCUT2D eigenvalue weighted by Crippen LogP contribution is 2.21. The molecule has 1 aromatic heterocycles. The van der Waals surface area contributed by atoms with Gasteiger partial charge in [0, 0.05) is 6.20 Å². The highest BCUT2D eigenvalue weighted by atomic mass is 35.5. The topological polar surface area (TPSA) is 38.9 Å². The smallest absolute Gasteiger partial charge is 0.131 e. The summed E-state index contributed by atoms with van der Waals surface area (Å²) in [6, 6.07) is 2.08. The van der Waals surface area contributed by atoms with Gasteiger partial charge in [-0.3, -0.25) is 0 Å². The summed E-state index contributed by atoms with van der Waals surface area (Å²) >= 11 is 5.83. The summed E-state index contributed by atoms with van der Waals surface area (Å²) in [5, 5.41) is 0.587. The molecular weight excluding hydrogens is 184 g/mol. The summed E-state index contributed by atoms with van der Waals surface area (Å²) in [6.07, 6.45) is 2.82. The van der Waals surface area contributed by atoms with Gasteiger partial charge < -0.3 is 5.73 Å². The Bertz CT molecular complexity index is 286. The van der Waals surface area contributed by atoms with Gasteiger partial charge in [0.05, 0.1) is 0 Å². The molecule has 0 spiro atoms. The fraction of sp³-hybridized carbons (Fsp3) is 0.500. The highest BCUT2D eigenvalue weighted by Gasteiger charge is 2.06. The minimum absolute atomic E-state index is 0.466. The van der Waals surface area contributed by atoms with E-state index in [0.717, 1.165) is 12.0 Å². The number of aromatic nitrogens is 1. The van der Waals surface area contributed by atoms with Crippen LogP contribution in [0.5, 0.6) is 0 Å². The van der Waals surface area contributed by atoms with Gasteiger partial charge in [0.25, 0.3) is 0 Å². The van der Waals surface area contributed by atoms with E-state index in [-0.39, 0.29) is 0 Å². The molecule has 0 saturated heterocycles. The molecule has 13 heavy (non-hydrogen) atoms. The van der Waals surface area contributed by atoms with Crippen LogP contribution < -0.4 is 5.73 Å². The molecule has 0 aliphatic carbocycles. The van der Waals surface area contributed by atoms with Crippen LogP contribution in [0.3, 0.4) is 0 Å². The van der Waals surface area contributed by atoms with Gasteiger partial charge in [0.1, 0.15) is 5.15 Å². The van der Waals surface area contributed by atoms with Gasteiger partial charge in [0.15, 0.2) is 0 Å². The maximum atomic E-state index is 5.83. The summed E-state index contributed by atoms with van der Waals surface area (Å²) in [5.41, 5.74) is 7.73. The Morgan fingerprint density at radius 2 is 2.31 bits per heavy atom. The normalized spacial score (nSPS) is 12.9. The first-order valence-corrected chi connectivity index (χ1v) is 4.85. The van der Waals surface area contributed by atoms with Crippen LogP contribution in [0.15, 0.2) is 12.3 Å². The van der Waals surface area contributed by atoms with Crippen LogP contribution in [0, 0.1) is 6.92 Å². The monoisotopic (exact) mass is 198 g/mol. The number of hydrogen-bond donors (Lipinski definition) is 1. The molecule has 1 aromatic rings. The molecule has 0 bridgehead atoms. The van der Waals surface area contributed by atoms with Crippen molar-refractivity contribution in [2.24, 2.45) is 5.73 Å². The molecule has 2 nitrogen and oxygen atoms in total. The summed E-state index contributed by atoms with van der Waals surface area (Å²) in [4.78, 5) is 4.11. The molecule has 3 heteroatoms. The van der Waals surface area contributed by atoms with Gasteiger partial charge in [0.2, 0.25) is 0 Å². The largest absolute Gasteiger partial charge is 0.330 e. The molecule has 0 amide bonds. The lowest BCUT2D eigenvalue weighted by Gasteiger charge is -2.10. The number of hydrogen-bond acceptors (Lipinski definition) is 2. The van der Waals surface area contributed by atoms with Crippen molar-refractivity contribution in [3.8, 4) is 0 Å². The molecule has 0 fully saturated rings. The second-order valence-electron chi connectivity index (χ2n) is 3.35. The van der Waals surface area contributed by atoms with E-state index in [9.17, 15) is 0 Å². The number of nitrogens with two attached hydrogens (primary N) is 1. The van der Waals surface area contributed by atoms with E-state index in [2.05, 4.69) is 18.0 Å². The standard InChI is InChI=1S/C10H15ClN2/c1-7(3-4-12)9-5-8(2)10(11)13-6-9/h5-7H,3-4,12H2,1-2H3. The van der Waals surface area contributed by atoms with Crippen LogP contribution in [-0.2, 0) is 0 Å². The molecule has 1 atom stereocenters. The van der Waals surface area contributed by atoms with E-state index in [1.807, 2.05) is 13.1 Å². The Morgan fingerprint density at radius 1 is 1.62 bits per heavy atom. The third-order valence-electron chi connectivity index (χ3n) is 2.20. The molecule has 1 unspecified atom stereocenters. The molecule has 2 N–H and O–H groups in total. The number of aryl methyl sites for hydroxylation is 1. The van der Waals surface area contributed by atoms with Crippen molar-refractivity contribution in [1.29, 1.82) is 0 Å². The van der Waals surface area contributed by atoms with E-state index < -0.39 is 0 Å². The Balaban J connectivity index is 2.84. The molecule has 72 valence electrons.